The summed E-state index contributed by atoms with van der Waals surface area (Å²) in [5.41, 5.74) is 1.84. The second kappa shape index (κ2) is 3.49. The first kappa shape index (κ1) is 10.2. The van der Waals surface area contributed by atoms with Crippen molar-refractivity contribution in [3.8, 4) is 5.75 Å². The van der Waals surface area contributed by atoms with E-state index in [-0.39, 0.29) is 0 Å². The molecule has 3 atom stereocenters. The Kier molecular flexibility index (Phi) is 2.21. The van der Waals surface area contributed by atoms with Gasteiger partial charge in [0.2, 0.25) is 0 Å². The Morgan fingerprint density at radius 1 is 1.44 bits per heavy atom. The lowest BCUT2D eigenvalue weighted by atomic mass is 9.80. The molecule has 2 nitrogen and oxygen atoms in total. The van der Waals surface area contributed by atoms with E-state index < -0.39 is 0 Å². The molecule has 0 saturated heterocycles. The Morgan fingerprint density at radius 2 is 2.25 bits per heavy atom. The number of nitrogens with one attached hydrogen (secondary N) is 1. The van der Waals surface area contributed by atoms with Crippen molar-refractivity contribution in [2.24, 2.45) is 11.8 Å². The second-order valence-electron chi connectivity index (χ2n) is 5.21. The summed E-state index contributed by atoms with van der Waals surface area (Å²) >= 11 is 0. The molecule has 1 aliphatic heterocycles. The third kappa shape index (κ3) is 1.23. The van der Waals surface area contributed by atoms with Crippen molar-refractivity contribution in [1.29, 1.82) is 0 Å². The summed E-state index contributed by atoms with van der Waals surface area (Å²) in [4.78, 5) is 0. The summed E-state index contributed by atoms with van der Waals surface area (Å²) in [6.45, 7) is 4.32. The van der Waals surface area contributed by atoms with Gasteiger partial charge in [-0.25, -0.2) is 0 Å². The topological polar surface area (TPSA) is 21.3 Å². The van der Waals surface area contributed by atoms with Crippen molar-refractivity contribution in [3.63, 3.8) is 0 Å². The molecule has 86 valence electrons. The fourth-order valence-electron chi connectivity index (χ4n) is 3.39. The highest BCUT2D eigenvalue weighted by atomic mass is 16.5. The third-order valence-corrected chi connectivity index (χ3v) is 4.36. The minimum absolute atomic E-state index is 0.401. The predicted molar refractivity (Wildman–Crippen MR) is 64.8 cm³/mol. The highest BCUT2D eigenvalue weighted by Crippen LogP contribution is 2.62. The van der Waals surface area contributed by atoms with E-state index in [2.05, 4.69) is 36.5 Å². The molecule has 1 N–H and O–H groups in total. The van der Waals surface area contributed by atoms with Gasteiger partial charge in [-0.15, -0.1) is 0 Å². The smallest absolute Gasteiger partial charge is 0.123 e. The first-order chi connectivity index (χ1) is 7.79. The van der Waals surface area contributed by atoms with Gasteiger partial charge >= 0.3 is 0 Å². The molecule has 2 heteroatoms. The van der Waals surface area contributed by atoms with Crippen LogP contribution < -0.4 is 10.1 Å². The summed E-state index contributed by atoms with van der Waals surface area (Å²) in [6, 6.07) is 8.56. The number of hydrogen-bond donors (Lipinski definition) is 1. The van der Waals surface area contributed by atoms with E-state index in [4.69, 9.17) is 4.74 Å². The van der Waals surface area contributed by atoms with Crippen LogP contribution in [0.5, 0.6) is 5.75 Å². The SMILES string of the molecule is CNCC1CC12c1ccccc1OCC2C. The zero-order chi connectivity index (χ0) is 11.2. The predicted octanol–water partition coefficient (Wildman–Crippen LogP) is 2.19. The van der Waals surface area contributed by atoms with Gasteiger partial charge in [0.1, 0.15) is 5.75 Å². The fraction of sp³-hybridized carbons (Fsp3) is 0.571. The molecular formula is C14H19NO. The van der Waals surface area contributed by atoms with Crippen molar-refractivity contribution in [1.82, 2.24) is 5.32 Å². The Labute approximate surface area is 97.0 Å². The van der Waals surface area contributed by atoms with Crippen molar-refractivity contribution >= 4 is 0 Å². The van der Waals surface area contributed by atoms with Crippen LogP contribution in [0.15, 0.2) is 24.3 Å². The summed E-state index contributed by atoms with van der Waals surface area (Å²) in [5, 5.41) is 3.31. The van der Waals surface area contributed by atoms with Crippen LogP contribution in [0.1, 0.15) is 18.9 Å². The summed E-state index contributed by atoms with van der Waals surface area (Å²) < 4.78 is 5.82. The van der Waals surface area contributed by atoms with Gasteiger partial charge in [-0.2, -0.15) is 0 Å². The van der Waals surface area contributed by atoms with Gasteiger partial charge in [-0.3, -0.25) is 0 Å². The minimum Gasteiger partial charge on any atom is -0.493 e. The number of ether oxygens (including phenoxy) is 1. The third-order valence-electron chi connectivity index (χ3n) is 4.36. The number of fused-ring (bicyclic) bond motifs is 2. The van der Waals surface area contributed by atoms with Crippen LogP contribution in [-0.2, 0) is 5.41 Å². The van der Waals surface area contributed by atoms with E-state index in [1.165, 1.54) is 12.0 Å². The van der Waals surface area contributed by atoms with Crippen LogP contribution in [0.4, 0.5) is 0 Å². The van der Waals surface area contributed by atoms with Crippen LogP contribution in [-0.4, -0.2) is 20.2 Å². The quantitative estimate of drug-likeness (QED) is 0.820. The van der Waals surface area contributed by atoms with Gasteiger partial charge in [-0.05, 0) is 32.0 Å². The largest absolute Gasteiger partial charge is 0.493 e. The Balaban J connectivity index is 1.99. The maximum Gasteiger partial charge on any atom is 0.123 e. The van der Waals surface area contributed by atoms with Crippen molar-refractivity contribution in [2.75, 3.05) is 20.2 Å². The molecule has 3 rings (SSSR count). The zero-order valence-electron chi connectivity index (χ0n) is 9.99. The molecule has 0 aromatic heterocycles. The van der Waals surface area contributed by atoms with E-state index in [1.54, 1.807) is 0 Å². The maximum atomic E-state index is 5.82. The average Bonchev–Trinajstić information content (AvgIpc) is 3.01. The van der Waals surface area contributed by atoms with E-state index in [1.807, 2.05) is 7.05 Å². The Morgan fingerprint density at radius 3 is 3.06 bits per heavy atom. The van der Waals surface area contributed by atoms with E-state index >= 15 is 0 Å². The number of benzene rings is 1. The van der Waals surface area contributed by atoms with Crippen molar-refractivity contribution in [2.45, 2.75) is 18.8 Å². The normalized spacial score (nSPS) is 35.6. The molecule has 0 radical (unpaired) electrons. The van der Waals surface area contributed by atoms with Crippen LogP contribution in [0.3, 0.4) is 0 Å². The molecule has 2 aliphatic rings. The van der Waals surface area contributed by atoms with Gasteiger partial charge in [0.25, 0.3) is 0 Å². The molecule has 1 saturated carbocycles. The Hall–Kier alpha value is -1.02. The molecule has 1 fully saturated rings. The lowest BCUT2D eigenvalue weighted by Gasteiger charge is -2.33. The van der Waals surface area contributed by atoms with Gasteiger partial charge in [0.15, 0.2) is 0 Å². The standard InChI is InChI=1S/C14H19NO/c1-10-9-16-13-6-4-3-5-12(13)14(10)7-11(14)8-15-2/h3-6,10-11,15H,7-9H2,1-2H3. The minimum atomic E-state index is 0.401. The lowest BCUT2D eigenvalue weighted by Crippen LogP contribution is -2.33. The monoisotopic (exact) mass is 217 g/mol. The van der Waals surface area contributed by atoms with E-state index in [0.29, 0.717) is 11.3 Å². The van der Waals surface area contributed by atoms with Gasteiger partial charge in [-0.1, -0.05) is 25.1 Å². The van der Waals surface area contributed by atoms with E-state index in [9.17, 15) is 0 Å². The van der Waals surface area contributed by atoms with Crippen molar-refractivity contribution in [3.05, 3.63) is 29.8 Å². The molecule has 3 unspecified atom stereocenters. The van der Waals surface area contributed by atoms with Crippen LogP contribution in [0.25, 0.3) is 0 Å². The van der Waals surface area contributed by atoms with E-state index in [0.717, 1.165) is 24.8 Å². The molecule has 1 aliphatic carbocycles. The number of rotatable bonds is 2. The first-order valence-electron chi connectivity index (χ1n) is 6.16. The molecule has 1 spiro atoms. The average molecular weight is 217 g/mol. The summed E-state index contributed by atoms with van der Waals surface area (Å²) in [5.74, 6) is 2.54. The number of hydrogen-bond acceptors (Lipinski definition) is 2. The zero-order valence-corrected chi connectivity index (χ0v) is 9.99. The highest BCUT2D eigenvalue weighted by molar-refractivity contribution is 5.47. The molecular weight excluding hydrogens is 198 g/mol. The molecule has 0 amide bonds. The molecule has 1 heterocycles. The summed E-state index contributed by atoms with van der Waals surface area (Å²) in [7, 11) is 2.04. The molecule has 1 aromatic carbocycles. The lowest BCUT2D eigenvalue weighted by molar-refractivity contribution is 0.187. The van der Waals surface area contributed by atoms with Gasteiger partial charge < -0.3 is 10.1 Å². The second-order valence-corrected chi connectivity index (χ2v) is 5.21. The van der Waals surface area contributed by atoms with Gasteiger partial charge in [0.05, 0.1) is 6.61 Å². The number of para-hydroxylation sites is 1. The van der Waals surface area contributed by atoms with Crippen LogP contribution >= 0.6 is 0 Å². The summed E-state index contributed by atoms with van der Waals surface area (Å²) in [6.07, 6.45) is 1.31. The van der Waals surface area contributed by atoms with Gasteiger partial charge in [0, 0.05) is 16.9 Å². The van der Waals surface area contributed by atoms with Crippen LogP contribution in [0, 0.1) is 11.8 Å². The molecule has 0 bridgehead atoms. The first-order valence-corrected chi connectivity index (χ1v) is 6.16. The fourth-order valence-corrected chi connectivity index (χ4v) is 3.39. The Bertz CT molecular complexity index is 403. The molecule has 1 aromatic rings. The molecule has 16 heavy (non-hydrogen) atoms. The maximum absolute atomic E-state index is 5.82. The van der Waals surface area contributed by atoms with Crippen LogP contribution in [0.2, 0.25) is 0 Å². The van der Waals surface area contributed by atoms with Crippen molar-refractivity contribution < 1.29 is 4.74 Å². The highest BCUT2D eigenvalue weighted by Gasteiger charge is 2.60.